The lowest BCUT2D eigenvalue weighted by Crippen LogP contribution is -2.09. The Hall–Kier alpha value is -2.02. The van der Waals surface area contributed by atoms with Crippen LogP contribution in [-0.4, -0.2) is 23.2 Å². The van der Waals surface area contributed by atoms with Gasteiger partial charge in [-0.3, -0.25) is 14.1 Å². The van der Waals surface area contributed by atoms with Gasteiger partial charge >= 0.3 is 13.8 Å². The van der Waals surface area contributed by atoms with Crippen LogP contribution in [0.2, 0.25) is 0 Å². The molecule has 1 N–H and O–H groups in total. The van der Waals surface area contributed by atoms with Crippen molar-refractivity contribution in [3.8, 4) is 6.01 Å². The van der Waals surface area contributed by atoms with Crippen molar-refractivity contribution in [3.63, 3.8) is 0 Å². The van der Waals surface area contributed by atoms with Gasteiger partial charge in [-0.1, -0.05) is 30.3 Å². The fourth-order valence-corrected chi connectivity index (χ4v) is 3.09. The summed E-state index contributed by atoms with van der Waals surface area (Å²) in [6.45, 7) is 3.79. The van der Waals surface area contributed by atoms with Crippen molar-refractivity contribution in [2.45, 2.75) is 20.5 Å². The molecule has 0 bridgehead atoms. The molecule has 130 valence electrons. The molecule has 0 aliphatic rings. The van der Waals surface area contributed by atoms with Crippen LogP contribution in [0.5, 0.6) is 6.01 Å². The molecule has 9 heteroatoms. The Kier molecular flexibility index (Phi) is 6.66. The van der Waals surface area contributed by atoms with Crippen molar-refractivity contribution < 1.29 is 22.7 Å². The van der Waals surface area contributed by atoms with Crippen LogP contribution in [0.4, 0.5) is 10.2 Å². The van der Waals surface area contributed by atoms with E-state index in [4.69, 9.17) is 13.8 Å². The third-order valence-corrected chi connectivity index (χ3v) is 4.46. The summed E-state index contributed by atoms with van der Waals surface area (Å²) in [7, 11) is -3.70. The van der Waals surface area contributed by atoms with Gasteiger partial charge in [0.25, 0.3) is 0 Å². The monoisotopic (exact) mass is 355 g/mol. The summed E-state index contributed by atoms with van der Waals surface area (Å²) >= 11 is 0. The minimum atomic E-state index is -3.70. The molecule has 0 spiro atoms. The second kappa shape index (κ2) is 8.73. The number of halogens is 1. The van der Waals surface area contributed by atoms with Crippen molar-refractivity contribution in [2.24, 2.45) is 0 Å². The Morgan fingerprint density at radius 1 is 1.17 bits per heavy atom. The third kappa shape index (κ3) is 5.26. The molecule has 1 aromatic carbocycles. The normalized spacial score (nSPS) is 11.3. The molecule has 0 fully saturated rings. The maximum Gasteiger partial charge on any atom is 0.433 e. The summed E-state index contributed by atoms with van der Waals surface area (Å²) in [5, 5.41) is 2.37. The predicted octanol–water partition coefficient (Wildman–Crippen LogP) is 3.79. The number of rotatable bonds is 9. The van der Waals surface area contributed by atoms with Crippen molar-refractivity contribution in [1.29, 1.82) is 0 Å². The molecule has 0 radical (unpaired) electrons. The average Bonchev–Trinajstić information content (AvgIpc) is 2.57. The number of anilines is 1. The summed E-state index contributed by atoms with van der Waals surface area (Å²) in [5.41, 5.74) is 0.911. The van der Waals surface area contributed by atoms with Crippen LogP contribution in [0.1, 0.15) is 19.4 Å². The van der Waals surface area contributed by atoms with Crippen LogP contribution in [0.3, 0.4) is 0 Å². The lowest BCUT2D eigenvalue weighted by Gasteiger charge is -2.18. The summed E-state index contributed by atoms with van der Waals surface area (Å²) in [5.74, 6) is -1.10. The van der Waals surface area contributed by atoms with Crippen LogP contribution in [0.15, 0.2) is 36.5 Å². The first kappa shape index (κ1) is 18.3. The Balaban J connectivity index is 2.11. The van der Waals surface area contributed by atoms with E-state index >= 15 is 0 Å². The maximum atomic E-state index is 13.9. The third-order valence-electron chi connectivity index (χ3n) is 2.77. The number of aromatic nitrogens is 2. The van der Waals surface area contributed by atoms with E-state index in [1.54, 1.807) is 13.8 Å². The van der Waals surface area contributed by atoms with Gasteiger partial charge in [-0.15, -0.1) is 0 Å². The maximum absolute atomic E-state index is 13.9. The summed E-state index contributed by atoms with van der Waals surface area (Å²) in [4.78, 5) is 7.64. The molecule has 2 rings (SSSR count). The van der Waals surface area contributed by atoms with Crippen LogP contribution in [0, 0.1) is 5.82 Å². The number of hydrogen-bond acceptors (Lipinski definition) is 6. The Morgan fingerprint density at radius 2 is 1.83 bits per heavy atom. The molecule has 1 heterocycles. The highest BCUT2D eigenvalue weighted by atomic mass is 31.2. The van der Waals surface area contributed by atoms with Gasteiger partial charge in [-0.25, -0.2) is 13.9 Å². The second-order valence-electron chi connectivity index (χ2n) is 4.57. The fourth-order valence-electron chi connectivity index (χ4n) is 1.79. The lowest BCUT2D eigenvalue weighted by molar-refractivity contribution is 0.224. The Bertz CT molecular complexity index is 692. The van der Waals surface area contributed by atoms with Crippen molar-refractivity contribution in [2.75, 3.05) is 18.3 Å². The van der Waals surface area contributed by atoms with E-state index in [0.29, 0.717) is 0 Å². The molecule has 0 saturated heterocycles. The largest absolute Gasteiger partial charge is 0.459 e. The number of nitrogens with zero attached hydrogens (tertiary/aromatic N) is 2. The van der Waals surface area contributed by atoms with Crippen molar-refractivity contribution >= 4 is 13.6 Å². The first-order valence-corrected chi connectivity index (χ1v) is 8.97. The van der Waals surface area contributed by atoms with Crippen LogP contribution in [0.25, 0.3) is 0 Å². The zero-order chi connectivity index (χ0) is 17.4. The van der Waals surface area contributed by atoms with E-state index in [1.165, 1.54) is 0 Å². The SMILES string of the molecule is CCOP(=O)(Nc1nc(OCc2ccccc2)ncc1F)OCC. The van der Waals surface area contributed by atoms with E-state index in [9.17, 15) is 8.96 Å². The summed E-state index contributed by atoms with van der Waals surface area (Å²) in [6.07, 6.45) is 0.928. The second-order valence-corrected chi connectivity index (χ2v) is 6.30. The summed E-state index contributed by atoms with van der Waals surface area (Å²) < 4.78 is 41.8. The van der Waals surface area contributed by atoms with Crippen LogP contribution in [-0.2, 0) is 20.2 Å². The molecule has 0 atom stereocenters. The molecule has 0 amide bonds. The number of nitrogens with one attached hydrogen (secondary N) is 1. The molecule has 1 aromatic heterocycles. The zero-order valence-corrected chi connectivity index (χ0v) is 14.3. The zero-order valence-electron chi connectivity index (χ0n) is 13.4. The minimum absolute atomic E-state index is 0.0534. The quantitative estimate of drug-likeness (QED) is 0.685. The first-order chi connectivity index (χ1) is 11.6. The lowest BCUT2D eigenvalue weighted by atomic mass is 10.2. The number of hydrogen-bond donors (Lipinski definition) is 1. The fraction of sp³-hybridized carbons (Fsp3) is 0.333. The molecule has 24 heavy (non-hydrogen) atoms. The van der Waals surface area contributed by atoms with Crippen LogP contribution >= 0.6 is 7.75 Å². The van der Waals surface area contributed by atoms with E-state index < -0.39 is 13.6 Å². The van der Waals surface area contributed by atoms with E-state index in [-0.39, 0.29) is 31.6 Å². The standard InChI is InChI=1S/C15H19FN3O4P/c1-3-22-24(20,23-4-2)19-14-13(16)10-17-15(18-14)21-11-12-8-6-5-7-9-12/h5-10H,3-4,11H2,1-2H3,(H,17,18,19,20). The van der Waals surface area contributed by atoms with Crippen LogP contribution < -0.4 is 9.82 Å². The van der Waals surface area contributed by atoms with Gasteiger partial charge in [0.1, 0.15) is 6.61 Å². The number of ether oxygens (including phenoxy) is 1. The molecule has 2 aromatic rings. The number of benzene rings is 1. The smallest absolute Gasteiger partial charge is 0.433 e. The predicted molar refractivity (Wildman–Crippen MR) is 87.2 cm³/mol. The molecular weight excluding hydrogens is 336 g/mol. The Morgan fingerprint density at radius 3 is 2.46 bits per heavy atom. The van der Waals surface area contributed by atoms with Gasteiger partial charge in [0, 0.05) is 0 Å². The molecule has 0 aliphatic carbocycles. The van der Waals surface area contributed by atoms with Gasteiger partial charge in [0.05, 0.1) is 19.4 Å². The highest BCUT2D eigenvalue weighted by Crippen LogP contribution is 2.47. The van der Waals surface area contributed by atoms with Gasteiger partial charge in [-0.05, 0) is 19.4 Å². The Labute approximate surface area is 139 Å². The van der Waals surface area contributed by atoms with Gasteiger partial charge in [0.2, 0.25) is 0 Å². The molecule has 0 aliphatic heterocycles. The first-order valence-electron chi connectivity index (χ1n) is 7.43. The van der Waals surface area contributed by atoms with E-state index in [2.05, 4.69) is 15.1 Å². The minimum Gasteiger partial charge on any atom is -0.459 e. The van der Waals surface area contributed by atoms with Crippen molar-refractivity contribution in [3.05, 3.63) is 47.9 Å². The topological polar surface area (TPSA) is 82.6 Å². The molecule has 7 nitrogen and oxygen atoms in total. The molecular formula is C15H19FN3O4P. The van der Waals surface area contributed by atoms with Gasteiger partial charge in [-0.2, -0.15) is 4.98 Å². The van der Waals surface area contributed by atoms with Gasteiger partial charge in [0.15, 0.2) is 11.6 Å². The average molecular weight is 355 g/mol. The highest BCUT2D eigenvalue weighted by Gasteiger charge is 2.26. The van der Waals surface area contributed by atoms with Crippen molar-refractivity contribution in [1.82, 2.24) is 9.97 Å². The van der Waals surface area contributed by atoms with E-state index in [0.717, 1.165) is 11.8 Å². The molecule has 0 saturated carbocycles. The summed E-state index contributed by atoms with van der Waals surface area (Å²) in [6, 6.07) is 9.33. The van der Waals surface area contributed by atoms with E-state index in [1.807, 2.05) is 30.3 Å². The molecule has 0 unspecified atom stereocenters. The highest BCUT2D eigenvalue weighted by molar-refractivity contribution is 7.55. The van der Waals surface area contributed by atoms with Gasteiger partial charge < -0.3 is 4.74 Å².